The third-order valence-electron chi connectivity index (χ3n) is 2.81. The molecular formula is C10H17N3O4. The Hall–Kier alpha value is -1.79. The van der Waals surface area contributed by atoms with Crippen molar-refractivity contribution in [3.8, 4) is 0 Å². The topological polar surface area (TPSA) is 108 Å². The van der Waals surface area contributed by atoms with Gasteiger partial charge in [0.1, 0.15) is 0 Å². The first-order chi connectivity index (χ1) is 7.90. The van der Waals surface area contributed by atoms with E-state index < -0.39 is 24.0 Å². The van der Waals surface area contributed by atoms with Crippen molar-refractivity contribution in [2.75, 3.05) is 6.54 Å². The van der Waals surface area contributed by atoms with E-state index >= 15 is 0 Å². The van der Waals surface area contributed by atoms with Gasteiger partial charge in [0, 0.05) is 19.0 Å². The van der Waals surface area contributed by atoms with E-state index in [9.17, 15) is 14.4 Å². The van der Waals surface area contributed by atoms with Gasteiger partial charge in [0.25, 0.3) is 0 Å². The Bertz CT molecular complexity index is 332. The van der Waals surface area contributed by atoms with Gasteiger partial charge in [-0.1, -0.05) is 0 Å². The lowest BCUT2D eigenvalue weighted by Crippen LogP contribution is -2.48. The molecule has 4 N–H and O–H groups in total. The summed E-state index contributed by atoms with van der Waals surface area (Å²) < 4.78 is 0. The predicted molar refractivity (Wildman–Crippen MR) is 59.3 cm³/mol. The number of aliphatic carboxylic acids is 1. The molecule has 0 aromatic rings. The normalized spacial score (nSPS) is 22.5. The standard InChI is InChI=1S/C10H17N3O4/c1-5(9(15)16)6(2)12-10(17)13-7-3-8(14)11-4-7/h5-7H,3-4H2,1-2H3,(H,11,14)(H,15,16)(H2,12,13,17). The van der Waals surface area contributed by atoms with Crippen molar-refractivity contribution in [3.05, 3.63) is 0 Å². The lowest BCUT2D eigenvalue weighted by atomic mass is 10.0. The molecule has 0 bridgehead atoms. The average Bonchev–Trinajstić information content (AvgIpc) is 2.62. The maximum absolute atomic E-state index is 11.5. The van der Waals surface area contributed by atoms with Gasteiger partial charge in [-0.05, 0) is 13.8 Å². The summed E-state index contributed by atoms with van der Waals surface area (Å²) >= 11 is 0. The van der Waals surface area contributed by atoms with Crippen LogP contribution in [0.4, 0.5) is 4.79 Å². The van der Waals surface area contributed by atoms with E-state index in [4.69, 9.17) is 5.11 Å². The van der Waals surface area contributed by atoms with E-state index in [0.717, 1.165) is 0 Å². The highest BCUT2D eigenvalue weighted by Gasteiger charge is 2.25. The molecule has 7 heteroatoms. The minimum absolute atomic E-state index is 0.0951. The van der Waals surface area contributed by atoms with Gasteiger partial charge in [-0.2, -0.15) is 0 Å². The molecule has 3 unspecified atom stereocenters. The van der Waals surface area contributed by atoms with Crippen molar-refractivity contribution in [1.29, 1.82) is 0 Å². The van der Waals surface area contributed by atoms with Crippen LogP contribution in [0.25, 0.3) is 0 Å². The molecule has 3 atom stereocenters. The lowest BCUT2D eigenvalue weighted by molar-refractivity contribution is -0.141. The summed E-state index contributed by atoms with van der Waals surface area (Å²) in [5.41, 5.74) is 0. The number of hydrogen-bond acceptors (Lipinski definition) is 3. The minimum atomic E-state index is -0.962. The van der Waals surface area contributed by atoms with Crippen LogP contribution in [0, 0.1) is 5.92 Å². The SMILES string of the molecule is CC(NC(=O)NC1CNC(=O)C1)C(C)C(=O)O. The van der Waals surface area contributed by atoms with Crippen LogP contribution in [0.3, 0.4) is 0 Å². The fourth-order valence-corrected chi connectivity index (χ4v) is 1.48. The van der Waals surface area contributed by atoms with Gasteiger partial charge >= 0.3 is 12.0 Å². The molecule has 1 saturated heterocycles. The monoisotopic (exact) mass is 243 g/mol. The Morgan fingerprint density at radius 2 is 2.12 bits per heavy atom. The number of carbonyl (C=O) groups excluding carboxylic acids is 2. The zero-order valence-corrected chi connectivity index (χ0v) is 9.82. The van der Waals surface area contributed by atoms with Gasteiger partial charge < -0.3 is 21.1 Å². The van der Waals surface area contributed by atoms with Crippen LogP contribution >= 0.6 is 0 Å². The summed E-state index contributed by atoms with van der Waals surface area (Å²) in [6.07, 6.45) is 0.260. The largest absolute Gasteiger partial charge is 0.481 e. The summed E-state index contributed by atoms with van der Waals surface area (Å²) in [5, 5.41) is 16.5. The third-order valence-corrected chi connectivity index (χ3v) is 2.81. The molecule has 1 heterocycles. The lowest BCUT2D eigenvalue weighted by Gasteiger charge is -2.19. The fourth-order valence-electron chi connectivity index (χ4n) is 1.48. The predicted octanol–water partition coefficient (Wildman–Crippen LogP) is -0.717. The van der Waals surface area contributed by atoms with Crippen LogP contribution in [0.15, 0.2) is 0 Å². The van der Waals surface area contributed by atoms with Crippen molar-refractivity contribution in [2.45, 2.75) is 32.4 Å². The van der Waals surface area contributed by atoms with Crippen LogP contribution in [0.2, 0.25) is 0 Å². The van der Waals surface area contributed by atoms with Crippen molar-refractivity contribution >= 4 is 17.9 Å². The first-order valence-corrected chi connectivity index (χ1v) is 5.46. The smallest absolute Gasteiger partial charge is 0.315 e. The molecule has 17 heavy (non-hydrogen) atoms. The van der Waals surface area contributed by atoms with E-state index in [1.807, 2.05) is 0 Å². The van der Waals surface area contributed by atoms with Crippen LogP contribution in [-0.4, -0.2) is 41.6 Å². The minimum Gasteiger partial charge on any atom is -0.481 e. The number of nitrogens with one attached hydrogen (secondary N) is 3. The number of carbonyl (C=O) groups is 3. The Morgan fingerprint density at radius 3 is 2.59 bits per heavy atom. The van der Waals surface area contributed by atoms with Gasteiger partial charge in [0.2, 0.25) is 5.91 Å². The van der Waals surface area contributed by atoms with E-state index in [-0.39, 0.29) is 18.4 Å². The van der Waals surface area contributed by atoms with Gasteiger partial charge in [-0.3, -0.25) is 9.59 Å². The van der Waals surface area contributed by atoms with Crippen molar-refractivity contribution in [1.82, 2.24) is 16.0 Å². The Labute approximate surface area is 98.9 Å². The molecule has 0 saturated carbocycles. The molecule has 1 fully saturated rings. The van der Waals surface area contributed by atoms with Crippen LogP contribution in [0.5, 0.6) is 0 Å². The van der Waals surface area contributed by atoms with Gasteiger partial charge in [-0.15, -0.1) is 0 Å². The highest BCUT2D eigenvalue weighted by molar-refractivity contribution is 5.81. The van der Waals surface area contributed by atoms with Gasteiger partial charge in [0.05, 0.1) is 12.0 Å². The molecule has 1 aliphatic heterocycles. The Kier molecular flexibility index (Phi) is 4.30. The van der Waals surface area contributed by atoms with Crippen molar-refractivity contribution in [2.24, 2.45) is 5.92 Å². The van der Waals surface area contributed by atoms with E-state index in [0.29, 0.717) is 6.54 Å². The number of amides is 3. The van der Waals surface area contributed by atoms with Crippen LogP contribution < -0.4 is 16.0 Å². The van der Waals surface area contributed by atoms with Crippen molar-refractivity contribution in [3.63, 3.8) is 0 Å². The molecular weight excluding hydrogens is 226 g/mol. The summed E-state index contributed by atoms with van der Waals surface area (Å²) in [4.78, 5) is 33.1. The van der Waals surface area contributed by atoms with Crippen LogP contribution in [-0.2, 0) is 9.59 Å². The number of carboxylic acid groups (broad SMARTS) is 1. The number of urea groups is 1. The molecule has 0 aromatic heterocycles. The number of carboxylic acids is 1. The third kappa shape index (κ3) is 3.93. The molecule has 1 aliphatic rings. The van der Waals surface area contributed by atoms with Gasteiger partial charge in [-0.25, -0.2) is 4.79 Å². The van der Waals surface area contributed by atoms with E-state index in [1.54, 1.807) is 6.92 Å². The zero-order valence-electron chi connectivity index (χ0n) is 9.82. The molecule has 0 spiro atoms. The Morgan fingerprint density at radius 1 is 1.47 bits per heavy atom. The number of hydrogen-bond donors (Lipinski definition) is 4. The number of rotatable bonds is 4. The molecule has 0 aliphatic carbocycles. The van der Waals surface area contributed by atoms with Crippen molar-refractivity contribution < 1.29 is 19.5 Å². The molecule has 7 nitrogen and oxygen atoms in total. The second-order valence-electron chi connectivity index (χ2n) is 4.24. The highest BCUT2D eigenvalue weighted by Crippen LogP contribution is 2.03. The first-order valence-electron chi connectivity index (χ1n) is 5.46. The average molecular weight is 243 g/mol. The summed E-state index contributed by atoms with van der Waals surface area (Å²) in [6, 6.07) is -1.15. The quantitative estimate of drug-likeness (QED) is 0.522. The first kappa shape index (κ1) is 13.3. The second kappa shape index (κ2) is 5.51. The van der Waals surface area contributed by atoms with Crippen LogP contribution in [0.1, 0.15) is 20.3 Å². The second-order valence-corrected chi connectivity index (χ2v) is 4.24. The summed E-state index contributed by atoms with van der Waals surface area (Å²) in [6.45, 7) is 3.56. The Balaban J connectivity index is 2.34. The van der Waals surface area contributed by atoms with Gasteiger partial charge in [0.15, 0.2) is 0 Å². The summed E-state index contributed by atoms with van der Waals surface area (Å²) in [7, 11) is 0. The molecule has 1 rings (SSSR count). The zero-order chi connectivity index (χ0) is 13.0. The highest BCUT2D eigenvalue weighted by atomic mass is 16.4. The maximum atomic E-state index is 11.5. The molecule has 3 amide bonds. The maximum Gasteiger partial charge on any atom is 0.315 e. The molecule has 0 radical (unpaired) electrons. The van der Waals surface area contributed by atoms with E-state index in [1.165, 1.54) is 6.92 Å². The van der Waals surface area contributed by atoms with E-state index in [2.05, 4.69) is 16.0 Å². The molecule has 0 aromatic carbocycles. The molecule has 96 valence electrons. The summed E-state index contributed by atoms with van der Waals surface area (Å²) in [5.74, 6) is -1.72. The fraction of sp³-hybridized carbons (Fsp3) is 0.700.